The smallest absolute Gasteiger partial charge is 0.268 e. The van der Waals surface area contributed by atoms with E-state index in [2.05, 4.69) is 192 Å². The minimum atomic E-state index is 0.0150. The van der Waals surface area contributed by atoms with Crippen LogP contribution in [0.1, 0.15) is 71.6 Å². The van der Waals surface area contributed by atoms with Crippen molar-refractivity contribution >= 4 is 78.0 Å². The van der Waals surface area contributed by atoms with Crippen LogP contribution in [0.4, 0.5) is 34.1 Å². The maximum absolute atomic E-state index is 7.01. The second-order valence-corrected chi connectivity index (χ2v) is 18.8. The van der Waals surface area contributed by atoms with E-state index in [1.54, 1.807) is 0 Å². The van der Waals surface area contributed by atoms with E-state index in [0.29, 0.717) is 0 Å². The van der Waals surface area contributed by atoms with E-state index in [1.807, 2.05) is 11.3 Å². The molecule has 10 rings (SSSR count). The third-order valence-corrected chi connectivity index (χ3v) is 13.2. The Hall–Kier alpha value is -5.26. The van der Waals surface area contributed by atoms with Crippen molar-refractivity contribution in [3.05, 3.63) is 150 Å². The van der Waals surface area contributed by atoms with Gasteiger partial charge in [-0.1, -0.05) is 115 Å². The normalized spacial score (nSPS) is 16.0. The number of thiophene rings is 1. The van der Waals surface area contributed by atoms with Crippen LogP contribution in [0.15, 0.2) is 133 Å². The van der Waals surface area contributed by atoms with Crippen molar-refractivity contribution in [2.75, 3.05) is 9.80 Å². The summed E-state index contributed by atoms with van der Waals surface area (Å²) in [6, 6.07) is 49.2. The summed E-state index contributed by atoms with van der Waals surface area (Å²) >= 11 is 1.94. The lowest BCUT2D eigenvalue weighted by molar-refractivity contribution is 0.403. The number of fused-ring (bicyclic) bond motifs is 7. The highest BCUT2D eigenvalue weighted by atomic mass is 32.1. The van der Waals surface area contributed by atoms with Gasteiger partial charge in [0.25, 0.3) is 6.71 Å². The monoisotopic (exact) mass is 720 g/mol. The molecule has 0 radical (unpaired) electrons. The van der Waals surface area contributed by atoms with E-state index in [-0.39, 0.29) is 23.0 Å². The van der Waals surface area contributed by atoms with Crippen LogP contribution in [0.3, 0.4) is 0 Å². The Labute approximate surface area is 323 Å². The molecule has 266 valence electrons. The number of ether oxygens (including phenoxy) is 1. The third-order valence-electron chi connectivity index (χ3n) is 12.0. The standard InChI is InChI=1S/C49H45BN2OS/c1-47(2,3)31-22-25-43-36(26-31)45-46(54-43)50-39-20-14-15-21-41(39)53-42-29-35(51(32-16-10-8-11-17-32)33-18-12-9-13-19-33)28-40(44(42)50)52(45)34-23-24-37-38(27-34)49(6,7)30-48(37,4)5/h8-29H,30H2,1-7H3. The minimum absolute atomic E-state index is 0.0150. The van der Waals surface area contributed by atoms with Gasteiger partial charge in [0.15, 0.2) is 0 Å². The first kappa shape index (κ1) is 33.3. The molecule has 0 saturated heterocycles. The van der Waals surface area contributed by atoms with Gasteiger partial charge in [-0.15, -0.1) is 11.3 Å². The molecule has 0 amide bonds. The Morgan fingerprint density at radius 1 is 0.667 bits per heavy atom. The summed E-state index contributed by atoms with van der Waals surface area (Å²) in [6.07, 6.45) is 1.13. The van der Waals surface area contributed by atoms with E-state index in [1.165, 1.54) is 59.5 Å². The van der Waals surface area contributed by atoms with Crippen molar-refractivity contribution in [1.29, 1.82) is 0 Å². The molecule has 7 aromatic rings. The molecule has 6 aromatic carbocycles. The number of hydrogen-bond acceptors (Lipinski definition) is 4. The Balaban J connectivity index is 1.31. The zero-order chi connectivity index (χ0) is 37.1. The van der Waals surface area contributed by atoms with Gasteiger partial charge in [-0.25, -0.2) is 0 Å². The lowest BCUT2D eigenvalue weighted by Gasteiger charge is -2.40. The maximum Gasteiger partial charge on any atom is 0.268 e. The summed E-state index contributed by atoms with van der Waals surface area (Å²) in [5.41, 5.74) is 13.8. The summed E-state index contributed by atoms with van der Waals surface area (Å²) in [6.45, 7) is 16.6. The fourth-order valence-corrected chi connectivity index (χ4v) is 11.0. The van der Waals surface area contributed by atoms with Gasteiger partial charge in [-0.3, -0.25) is 0 Å². The molecule has 0 fully saturated rings. The van der Waals surface area contributed by atoms with Gasteiger partial charge in [0.1, 0.15) is 11.5 Å². The van der Waals surface area contributed by atoms with E-state index in [9.17, 15) is 0 Å². The molecular formula is C49H45BN2OS. The van der Waals surface area contributed by atoms with Gasteiger partial charge in [-0.2, -0.15) is 0 Å². The topological polar surface area (TPSA) is 15.7 Å². The first-order chi connectivity index (χ1) is 25.9. The van der Waals surface area contributed by atoms with Crippen LogP contribution < -0.4 is 30.2 Å². The first-order valence-electron chi connectivity index (χ1n) is 19.3. The quantitative estimate of drug-likeness (QED) is 0.168. The third kappa shape index (κ3) is 5.01. The molecule has 0 bridgehead atoms. The fourth-order valence-electron chi connectivity index (χ4n) is 9.75. The van der Waals surface area contributed by atoms with Gasteiger partial charge < -0.3 is 14.5 Å². The molecule has 5 heteroatoms. The van der Waals surface area contributed by atoms with Gasteiger partial charge in [-0.05, 0) is 111 Å². The van der Waals surface area contributed by atoms with Gasteiger partial charge in [0.2, 0.25) is 0 Å². The molecule has 3 heterocycles. The summed E-state index contributed by atoms with van der Waals surface area (Å²) in [5, 5.41) is 1.31. The van der Waals surface area contributed by atoms with Gasteiger partial charge in [0.05, 0.1) is 11.4 Å². The molecule has 2 aliphatic heterocycles. The average molecular weight is 721 g/mol. The van der Waals surface area contributed by atoms with Crippen molar-refractivity contribution in [1.82, 2.24) is 0 Å². The largest absolute Gasteiger partial charge is 0.458 e. The predicted molar refractivity (Wildman–Crippen MR) is 232 cm³/mol. The lowest BCUT2D eigenvalue weighted by atomic mass is 9.37. The Kier molecular flexibility index (Phi) is 7.17. The number of benzene rings is 6. The summed E-state index contributed by atoms with van der Waals surface area (Å²) in [7, 11) is 0. The van der Waals surface area contributed by atoms with Crippen LogP contribution in [-0.4, -0.2) is 6.71 Å². The lowest BCUT2D eigenvalue weighted by Crippen LogP contribution is -2.58. The van der Waals surface area contributed by atoms with Crippen LogP contribution in [0.2, 0.25) is 0 Å². The molecule has 54 heavy (non-hydrogen) atoms. The molecule has 0 spiro atoms. The van der Waals surface area contributed by atoms with Crippen molar-refractivity contribution in [3.8, 4) is 11.5 Å². The Morgan fingerprint density at radius 2 is 1.33 bits per heavy atom. The highest BCUT2D eigenvalue weighted by Gasteiger charge is 2.46. The second kappa shape index (κ2) is 11.6. The van der Waals surface area contributed by atoms with Crippen LogP contribution >= 0.6 is 11.3 Å². The van der Waals surface area contributed by atoms with Crippen LogP contribution in [0.25, 0.3) is 10.1 Å². The van der Waals surface area contributed by atoms with Crippen molar-refractivity contribution in [2.24, 2.45) is 0 Å². The van der Waals surface area contributed by atoms with Gasteiger partial charge >= 0.3 is 0 Å². The van der Waals surface area contributed by atoms with Crippen molar-refractivity contribution in [2.45, 2.75) is 71.1 Å². The maximum atomic E-state index is 7.01. The Bertz CT molecular complexity index is 2580. The molecule has 1 aromatic heterocycles. The predicted octanol–water partition coefficient (Wildman–Crippen LogP) is 12.0. The molecular weight excluding hydrogens is 675 g/mol. The van der Waals surface area contributed by atoms with Gasteiger partial charge in [0, 0.05) is 43.7 Å². The molecule has 3 nitrogen and oxygen atoms in total. The van der Waals surface area contributed by atoms with E-state index >= 15 is 0 Å². The highest BCUT2D eigenvalue weighted by molar-refractivity contribution is 7.33. The molecule has 0 unspecified atom stereocenters. The van der Waals surface area contributed by atoms with Crippen LogP contribution in [0.5, 0.6) is 11.5 Å². The number of para-hydroxylation sites is 3. The van der Waals surface area contributed by atoms with Crippen LogP contribution in [0, 0.1) is 0 Å². The van der Waals surface area contributed by atoms with Crippen LogP contribution in [-0.2, 0) is 16.2 Å². The number of rotatable bonds is 4. The summed E-state index contributed by atoms with van der Waals surface area (Å²) in [4.78, 5) is 4.95. The number of hydrogen-bond donors (Lipinski definition) is 0. The molecule has 0 saturated carbocycles. The number of nitrogens with zero attached hydrogens (tertiary/aromatic N) is 2. The highest BCUT2D eigenvalue weighted by Crippen LogP contribution is 2.53. The van der Waals surface area contributed by atoms with Crippen molar-refractivity contribution in [3.63, 3.8) is 0 Å². The number of anilines is 6. The average Bonchev–Trinajstić information content (AvgIpc) is 3.62. The zero-order valence-electron chi connectivity index (χ0n) is 32.2. The van der Waals surface area contributed by atoms with Crippen molar-refractivity contribution < 1.29 is 4.74 Å². The summed E-state index contributed by atoms with van der Waals surface area (Å²) < 4.78 is 9.70. The Morgan fingerprint density at radius 3 is 2.04 bits per heavy atom. The van der Waals surface area contributed by atoms with E-state index < -0.39 is 0 Å². The summed E-state index contributed by atoms with van der Waals surface area (Å²) in [5.74, 6) is 1.84. The SMILES string of the molecule is CC(C)(C)c1ccc2sc3c(c2c1)N(c1ccc2c(c1)C(C)(C)CC2(C)C)c1cc(N(c2ccccc2)c2ccccc2)cc2c1B3c1ccccc1O2. The first-order valence-corrected chi connectivity index (χ1v) is 20.1. The fraction of sp³-hybridized carbons (Fsp3) is 0.224. The molecule has 1 aliphatic carbocycles. The van der Waals surface area contributed by atoms with E-state index in [0.717, 1.165) is 35.0 Å². The second-order valence-electron chi connectivity index (χ2n) is 17.7. The minimum Gasteiger partial charge on any atom is -0.458 e. The zero-order valence-corrected chi connectivity index (χ0v) is 33.0. The molecule has 3 aliphatic rings. The molecule has 0 N–H and O–H groups in total. The van der Waals surface area contributed by atoms with E-state index in [4.69, 9.17) is 4.74 Å². The molecule has 0 atom stereocenters.